The van der Waals surface area contributed by atoms with Crippen LogP contribution in [0.25, 0.3) is 0 Å². The molecule has 1 aromatic rings. The quantitative estimate of drug-likeness (QED) is 0.637. The maximum absolute atomic E-state index is 12.5. The monoisotopic (exact) mass is 276 g/mol. The van der Waals surface area contributed by atoms with Crippen molar-refractivity contribution in [2.75, 3.05) is 0 Å². The van der Waals surface area contributed by atoms with Crippen molar-refractivity contribution in [3.8, 4) is 0 Å². The highest BCUT2D eigenvalue weighted by atomic mass is 35.5. The third-order valence-corrected chi connectivity index (χ3v) is 2.56. The number of hydrogen-bond acceptors (Lipinski definition) is 0. The van der Waals surface area contributed by atoms with Gasteiger partial charge in [0.05, 0.1) is 16.1 Å². The van der Waals surface area contributed by atoms with E-state index in [9.17, 15) is 26.3 Å². The summed E-state index contributed by atoms with van der Waals surface area (Å²) in [4.78, 5) is 0. The van der Waals surface area contributed by atoms with E-state index in [1.807, 2.05) is 0 Å². The Bertz CT molecular complexity index is 383. The molecule has 0 aliphatic carbocycles. The smallest absolute Gasteiger partial charge is 0.166 e. The molecule has 7 heteroatoms. The van der Waals surface area contributed by atoms with E-state index >= 15 is 0 Å². The normalized spacial score (nSPS) is 12.9. The highest BCUT2D eigenvalue weighted by Gasteiger charge is 2.40. The van der Waals surface area contributed by atoms with E-state index in [1.165, 1.54) is 6.92 Å². The van der Waals surface area contributed by atoms with Crippen molar-refractivity contribution in [3.63, 3.8) is 0 Å². The number of benzene rings is 1. The second kappa shape index (κ2) is 4.40. The van der Waals surface area contributed by atoms with Crippen molar-refractivity contribution in [2.24, 2.45) is 0 Å². The van der Waals surface area contributed by atoms with Crippen LogP contribution >= 0.6 is 11.6 Å². The molecule has 96 valence electrons. The van der Waals surface area contributed by atoms with Crippen LogP contribution in [0.4, 0.5) is 26.3 Å². The zero-order valence-electron chi connectivity index (χ0n) is 8.51. The Morgan fingerprint density at radius 3 is 1.53 bits per heavy atom. The van der Waals surface area contributed by atoms with Crippen molar-refractivity contribution < 1.29 is 26.3 Å². The molecule has 0 aliphatic rings. The van der Waals surface area contributed by atoms with Gasteiger partial charge < -0.3 is 0 Å². The summed E-state index contributed by atoms with van der Waals surface area (Å²) in [5, 5.41) is -1.30. The lowest BCUT2D eigenvalue weighted by molar-refractivity contribution is -0.142. The Balaban J connectivity index is 3.53. The first-order valence-corrected chi connectivity index (χ1v) is 4.92. The Labute approximate surface area is 98.2 Å². The van der Waals surface area contributed by atoms with Crippen molar-refractivity contribution >= 4 is 11.6 Å². The molecule has 0 saturated carbocycles. The second-order valence-electron chi connectivity index (χ2n) is 3.35. The highest BCUT2D eigenvalue weighted by Crippen LogP contribution is 2.42. The molecule has 0 aromatic heterocycles. The van der Waals surface area contributed by atoms with Gasteiger partial charge in [-0.05, 0) is 24.1 Å². The molecule has 0 amide bonds. The predicted octanol–water partition coefficient (Wildman–Crippen LogP) is 4.94. The molecule has 0 nitrogen and oxygen atoms in total. The molecule has 1 aromatic carbocycles. The third kappa shape index (κ3) is 3.06. The molecular weight excluding hydrogens is 270 g/mol. The van der Waals surface area contributed by atoms with Gasteiger partial charge in [0.1, 0.15) is 0 Å². The van der Waals surface area contributed by atoms with Gasteiger partial charge in [-0.1, -0.05) is 18.5 Å². The fraction of sp³-hybridized carbons (Fsp3) is 0.400. The molecule has 0 fully saturated rings. The predicted molar refractivity (Wildman–Crippen MR) is 50.8 cm³/mol. The van der Waals surface area contributed by atoms with Gasteiger partial charge in [-0.15, -0.1) is 0 Å². The number of hydrogen-bond donors (Lipinski definition) is 0. The summed E-state index contributed by atoms with van der Waals surface area (Å²) in [5.41, 5.74) is -2.97. The fourth-order valence-electron chi connectivity index (χ4n) is 1.30. The van der Waals surface area contributed by atoms with Crippen molar-refractivity contribution in [3.05, 3.63) is 33.8 Å². The first-order valence-electron chi connectivity index (χ1n) is 4.54. The molecule has 1 rings (SSSR count). The first-order chi connectivity index (χ1) is 7.57. The molecule has 0 aliphatic heterocycles. The summed E-state index contributed by atoms with van der Waals surface area (Å²) in [7, 11) is 0. The van der Waals surface area contributed by atoms with Crippen LogP contribution in [-0.2, 0) is 18.8 Å². The Hall–Kier alpha value is -0.910. The maximum Gasteiger partial charge on any atom is 0.417 e. The van der Waals surface area contributed by atoms with E-state index in [2.05, 4.69) is 0 Å². The molecule has 0 bridgehead atoms. The van der Waals surface area contributed by atoms with Gasteiger partial charge in [0.25, 0.3) is 0 Å². The van der Waals surface area contributed by atoms with Crippen LogP contribution in [0.1, 0.15) is 23.6 Å². The van der Waals surface area contributed by atoms with Crippen LogP contribution in [0.5, 0.6) is 0 Å². The van der Waals surface area contributed by atoms with Crippen LogP contribution in [0.3, 0.4) is 0 Å². The van der Waals surface area contributed by atoms with Gasteiger partial charge in [0, 0.05) is 0 Å². The summed E-state index contributed by atoms with van der Waals surface area (Å²) < 4.78 is 74.9. The molecule has 0 unspecified atom stereocenters. The van der Waals surface area contributed by atoms with Gasteiger partial charge >= 0.3 is 12.4 Å². The van der Waals surface area contributed by atoms with Gasteiger partial charge in [0.2, 0.25) is 0 Å². The van der Waals surface area contributed by atoms with Crippen LogP contribution < -0.4 is 0 Å². The van der Waals surface area contributed by atoms with Crippen LogP contribution in [0, 0.1) is 0 Å². The maximum atomic E-state index is 12.5. The Morgan fingerprint density at radius 1 is 0.941 bits per heavy atom. The van der Waals surface area contributed by atoms with E-state index in [4.69, 9.17) is 11.6 Å². The highest BCUT2D eigenvalue weighted by molar-refractivity contribution is 6.32. The second-order valence-corrected chi connectivity index (χ2v) is 3.73. The molecule has 0 saturated heterocycles. The number of alkyl halides is 6. The molecular formula is C10H7ClF6. The molecule has 0 N–H and O–H groups in total. The Kier molecular flexibility index (Phi) is 3.66. The van der Waals surface area contributed by atoms with E-state index in [1.54, 1.807) is 0 Å². The summed E-state index contributed by atoms with van der Waals surface area (Å²) >= 11 is 5.17. The van der Waals surface area contributed by atoms with Crippen LogP contribution in [0.15, 0.2) is 12.1 Å². The van der Waals surface area contributed by atoms with E-state index in [0.29, 0.717) is 12.1 Å². The van der Waals surface area contributed by atoms with Crippen molar-refractivity contribution in [2.45, 2.75) is 25.7 Å². The minimum Gasteiger partial charge on any atom is -0.166 e. The number of halogens is 7. The van der Waals surface area contributed by atoms with Crippen LogP contribution in [-0.4, -0.2) is 0 Å². The van der Waals surface area contributed by atoms with Crippen molar-refractivity contribution in [1.29, 1.82) is 0 Å². The minimum atomic E-state index is -4.90. The molecule has 17 heavy (non-hydrogen) atoms. The van der Waals surface area contributed by atoms with Crippen LogP contribution in [0.2, 0.25) is 5.02 Å². The number of aryl methyl sites for hydroxylation is 1. The summed E-state index contributed by atoms with van der Waals surface area (Å²) in [6.45, 7) is 1.46. The topological polar surface area (TPSA) is 0 Å². The summed E-state index contributed by atoms with van der Waals surface area (Å²) in [6.07, 6.45) is -9.74. The Morgan fingerprint density at radius 2 is 1.29 bits per heavy atom. The van der Waals surface area contributed by atoms with E-state index < -0.39 is 28.5 Å². The largest absolute Gasteiger partial charge is 0.417 e. The lowest BCUT2D eigenvalue weighted by Gasteiger charge is -2.16. The van der Waals surface area contributed by atoms with Gasteiger partial charge in [-0.3, -0.25) is 0 Å². The average Bonchev–Trinajstić information content (AvgIpc) is 2.14. The summed E-state index contributed by atoms with van der Waals surface area (Å²) in [5.74, 6) is 0. The molecule has 0 radical (unpaired) electrons. The SMILES string of the molecule is CCc1cc(C(F)(F)F)c(Cl)c(C(F)(F)F)c1. The zero-order valence-corrected chi connectivity index (χ0v) is 9.26. The third-order valence-electron chi connectivity index (χ3n) is 2.15. The summed E-state index contributed by atoms with van der Waals surface area (Å²) in [6, 6.07) is 1.27. The van der Waals surface area contributed by atoms with Gasteiger partial charge in [-0.2, -0.15) is 26.3 Å². The molecule has 0 atom stereocenters. The van der Waals surface area contributed by atoms with Crippen molar-refractivity contribution in [1.82, 2.24) is 0 Å². The minimum absolute atomic E-state index is 0.0589. The average molecular weight is 277 g/mol. The fourth-order valence-corrected chi connectivity index (χ4v) is 1.62. The van der Waals surface area contributed by atoms with Gasteiger partial charge in [0.15, 0.2) is 0 Å². The molecule has 0 spiro atoms. The molecule has 0 heterocycles. The van der Waals surface area contributed by atoms with E-state index in [0.717, 1.165) is 0 Å². The standard InChI is InChI=1S/C10H7ClF6/c1-2-5-3-6(9(12,13)14)8(11)7(4-5)10(15,16)17/h3-4H,2H2,1H3. The first kappa shape index (κ1) is 14.2. The van der Waals surface area contributed by atoms with Gasteiger partial charge in [-0.25, -0.2) is 0 Å². The zero-order chi connectivity index (χ0) is 13.4. The van der Waals surface area contributed by atoms with E-state index in [-0.39, 0.29) is 12.0 Å². The lowest BCUT2D eigenvalue weighted by Crippen LogP contribution is -2.13. The lowest BCUT2D eigenvalue weighted by atomic mass is 10.0. The number of rotatable bonds is 1.